The van der Waals surface area contributed by atoms with E-state index in [9.17, 15) is 56.3 Å². The summed E-state index contributed by atoms with van der Waals surface area (Å²) in [5.74, 6) is -8.57. The van der Waals surface area contributed by atoms with Crippen molar-refractivity contribution in [3.8, 4) is 0 Å². The second-order valence-corrected chi connectivity index (χ2v) is 29.8. The lowest BCUT2D eigenvalue weighted by atomic mass is 9.78. The first-order valence-corrected chi connectivity index (χ1v) is 35.1. The molecule has 12 atom stereocenters. The normalized spacial score (nSPS) is 32.8. The van der Waals surface area contributed by atoms with E-state index >= 15 is 9.59 Å². The van der Waals surface area contributed by atoms with Crippen molar-refractivity contribution in [1.29, 1.82) is 0 Å². The molecule has 5 N–H and O–H groups in total. The molecule has 3 unspecified atom stereocenters. The summed E-state index contributed by atoms with van der Waals surface area (Å²) in [7, 11) is 5.90. The lowest BCUT2D eigenvalue weighted by Crippen LogP contribution is -2.64. The number of carbonyl (C=O) groups is 11. The Kier molecular flexibility index (Phi) is 26.3. The number of nitrogens with one attached hydrogen (secondary N) is 5. The Morgan fingerprint density at radius 3 is 1.84 bits per heavy atom. The summed E-state index contributed by atoms with van der Waals surface area (Å²) in [5.41, 5.74) is -1.46. The molecule has 0 aromatic rings. The minimum atomic E-state index is -4.49. The molecule has 3 heterocycles. The van der Waals surface area contributed by atoms with Crippen LogP contribution in [-0.4, -0.2) is 214 Å². The fraction of sp³-hybridized carbons (Fsp3) is 0.836. The smallest absolute Gasteiger partial charge is 0.351 e. The van der Waals surface area contributed by atoms with Crippen molar-refractivity contribution >= 4 is 76.6 Å². The SMILES string of the molecule is CC[C@H](C)[C@@H]1NC(=O)[C@H](CC(C)C)N(C)C(=O)C[C@@H](C)NC(=O)[C@H](C2CCCC2)N(C)C(=O)C2(CCCC2)NC(=O)[C@@H]2CCCN2C(=O)[C@H](CCC2CCC(C(F)(F)F)C(Cl)C2)NC(=O)CN(C)C(=O)[C@H](CC2CCC(C)CC2)NC(=O)[C@@H]2CCN2C(=O)CN(C)C1=O. The van der Waals surface area contributed by atoms with Gasteiger partial charge in [-0.3, -0.25) is 52.7 Å². The van der Waals surface area contributed by atoms with E-state index in [2.05, 4.69) is 33.5 Å². The zero-order valence-electron chi connectivity index (χ0n) is 56.7. The summed E-state index contributed by atoms with van der Waals surface area (Å²) < 4.78 is 41.8. The Hall–Kier alpha value is -5.75. The number of hydrogen-bond donors (Lipinski definition) is 5. The summed E-state index contributed by atoms with van der Waals surface area (Å²) in [4.78, 5) is 169. The van der Waals surface area contributed by atoms with Crippen LogP contribution in [0.3, 0.4) is 0 Å². The predicted molar refractivity (Wildman–Crippen MR) is 343 cm³/mol. The molecule has 7 rings (SSSR count). The van der Waals surface area contributed by atoms with Crippen molar-refractivity contribution in [2.75, 3.05) is 54.4 Å². The zero-order chi connectivity index (χ0) is 68.4. The number of amides is 11. The minimum absolute atomic E-state index is 0.0197. The molecule has 7 fully saturated rings. The van der Waals surface area contributed by atoms with Crippen LogP contribution in [0.25, 0.3) is 0 Å². The van der Waals surface area contributed by atoms with Crippen LogP contribution in [0.1, 0.15) is 196 Å². The van der Waals surface area contributed by atoms with Crippen molar-refractivity contribution < 1.29 is 65.9 Å². The molecule has 524 valence electrons. The van der Waals surface area contributed by atoms with Crippen LogP contribution in [0.4, 0.5) is 13.2 Å². The first-order chi connectivity index (χ1) is 43.8. The fourth-order valence-corrected chi connectivity index (χ4v) is 16.2. The van der Waals surface area contributed by atoms with Gasteiger partial charge in [0, 0.05) is 59.1 Å². The maximum absolute atomic E-state index is 15.3. The highest BCUT2D eigenvalue weighted by molar-refractivity contribution is 6.20. The standard InChI is InChI=1S/C67H107ClF3N11O11/c1-11-41(5)56-64(92)78(8)38-55(85)81-32-28-51(81)58(86)74-49(36-44-22-20-40(4)21-23-44)62(90)77(7)37-53(83)73-48(27-25-43-24-26-46(47(68)35-43)67(69,70)71)63(91)82-31-16-19-50(82)60(88)76-66(29-14-15-30-66)65(93)80(10)57(45-17-12-13-18-45)61(89)72-42(6)34-54(84)79(9)52(33-39(2)3)59(87)75-56/h39-52,56-57H,11-38H2,1-10H3,(H,72,89)(H,73,83)(H,74,86)(H,75,87)(H,76,88)/t40?,41-,42+,43?,44?,46?,47?,48-,49-,50-,51-,52-,56-,57-/m0/s1. The molecule has 22 nitrogen and oxygen atoms in total. The van der Waals surface area contributed by atoms with Gasteiger partial charge >= 0.3 is 6.18 Å². The number of fused-ring (bicyclic) bond motifs is 2. The van der Waals surface area contributed by atoms with Crippen LogP contribution in [0.2, 0.25) is 0 Å². The largest absolute Gasteiger partial charge is 0.393 e. The third-order valence-electron chi connectivity index (χ3n) is 21.7. The van der Waals surface area contributed by atoms with E-state index < -0.39 is 155 Å². The molecule has 11 amide bonds. The van der Waals surface area contributed by atoms with E-state index in [1.54, 1.807) is 20.9 Å². The first-order valence-electron chi connectivity index (χ1n) is 34.7. The van der Waals surface area contributed by atoms with Crippen molar-refractivity contribution in [3.05, 3.63) is 0 Å². The predicted octanol–water partition coefficient (Wildman–Crippen LogP) is 5.81. The van der Waals surface area contributed by atoms with Crippen molar-refractivity contribution in [2.24, 2.45) is 41.4 Å². The summed E-state index contributed by atoms with van der Waals surface area (Å²) in [5, 5.41) is 13.6. The highest BCUT2D eigenvalue weighted by Crippen LogP contribution is 2.44. The zero-order valence-corrected chi connectivity index (χ0v) is 57.5. The van der Waals surface area contributed by atoms with Crippen LogP contribution < -0.4 is 26.6 Å². The van der Waals surface area contributed by atoms with E-state index in [4.69, 9.17) is 11.6 Å². The average molecular weight is 1340 g/mol. The number of likely N-dealkylation sites (N-methyl/N-ethyl adjacent to an activating group) is 4. The average Bonchev–Trinajstić information content (AvgIpc) is 1.77. The summed E-state index contributed by atoms with van der Waals surface area (Å²) in [6, 6.07) is -8.45. The van der Waals surface area contributed by atoms with Crippen LogP contribution in [0.5, 0.6) is 0 Å². The topological polar surface area (TPSA) is 267 Å². The number of alkyl halides is 4. The summed E-state index contributed by atoms with van der Waals surface area (Å²) in [6.07, 6.45) is 5.20. The molecular weight excluding hydrogens is 1230 g/mol. The van der Waals surface area contributed by atoms with Gasteiger partial charge < -0.3 is 56.0 Å². The molecule has 0 bridgehead atoms. The monoisotopic (exact) mass is 1330 g/mol. The molecule has 3 aliphatic heterocycles. The fourth-order valence-electron chi connectivity index (χ4n) is 15.7. The maximum atomic E-state index is 15.3. The van der Waals surface area contributed by atoms with Crippen molar-refractivity contribution in [2.45, 2.75) is 261 Å². The number of rotatable bonds is 10. The number of nitrogens with zero attached hydrogens (tertiary/aromatic N) is 6. The Bertz CT molecular complexity index is 2690. The number of halogens is 4. The van der Waals surface area contributed by atoms with E-state index in [0.29, 0.717) is 44.4 Å². The van der Waals surface area contributed by atoms with Gasteiger partial charge in [-0.25, -0.2) is 0 Å². The maximum Gasteiger partial charge on any atom is 0.393 e. The van der Waals surface area contributed by atoms with Gasteiger partial charge in [-0.1, -0.05) is 92.4 Å². The Morgan fingerprint density at radius 2 is 1.24 bits per heavy atom. The Labute approximate surface area is 553 Å². The molecule has 26 heteroatoms. The van der Waals surface area contributed by atoms with Crippen LogP contribution in [0, 0.1) is 41.4 Å². The third kappa shape index (κ3) is 18.8. The molecule has 0 radical (unpaired) electrons. The third-order valence-corrected chi connectivity index (χ3v) is 22.2. The lowest BCUT2D eigenvalue weighted by Gasteiger charge is -2.41. The molecule has 4 saturated carbocycles. The Balaban J connectivity index is 1.21. The molecule has 1 spiro atoms. The highest BCUT2D eigenvalue weighted by Gasteiger charge is 2.52. The molecule has 93 heavy (non-hydrogen) atoms. The molecule has 0 aromatic heterocycles. The quantitative estimate of drug-likeness (QED) is 0.163. The van der Waals surface area contributed by atoms with E-state index in [0.717, 1.165) is 43.4 Å². The molecular formula is C67H107ClF3N11O11. The molecule has 3 saturated heterocycles. The second kappa shape index (κ2) is 32.8. The minimum Gasteiger partial charge on any atom is -0.351 e. The van der Waals surface area contributed by atoms with Gasteiger partial charge in [-0.2, -0.15) is 13.2 Å². The number of hydrogen-bond acceptors (Lipinski definition) is 11. The van der Waals surface area contributed by atoms with E-state index in [-0.39, 0.29) is 114 Å². The lowest BCUT2D eigenvalue weighted by molar-refractivity contribution is -0.182. The van der Waals surface area contributed by atoms with Crippen molar-refractivity contribution in [3.63, 3.8) is 0 Å². The van der Waals surface area contributed by atoms with Gasteiger partial charge in [0.1, 0.15) is 47.8 Å². The van der Waals surface area contributed by atoms with Gasteiger partial charge in [0.25, 0.3) is 0 Å². The van der Waals surface area contributed by atoms with Crippen LogP contribution in [0.15, 0.2) is 0 Å². The van der Waals surface area contributed by atoms with Gasteiger partial charge in [0.15, 0.2) is 0 Å². The van der Waals surface area contributed by atoms with Crippen LogP contribution in [-0.2, 0) is 52.7 Å². The van der Waals surface area contributed by atoms with E-state index in [1.165, 1.54) is 45.6 Å². The molecule has 0 aromatic carbocycles. The number of carbonyl (C=O) groups excluding carboxylic acids is 11. The summed E-state index contributed by atoms with van der Waals surface area (Å²) >= 11 is 6.38. The van der Waals surface area contributed by atoms with Crippen LogP contribution >= 0.6 is 11.6 Å². The van der Waals surface area contributed by atoms with Gasteiger partial charge in [0.2, 0.25) is 65.0 Å². The van der Waals surface area contributed by atoms with Crippen molar-refractivity contribution in [1.82, 2.24) is 56.0 Å². The van der Waals surface area contributed by atoms with Gasteiger partial charge in [0.05, 0.1) is 19.0 Å². The summed E-state index contributed by atoms with van der Waals surface area (Å²) in [6.45, 7) is 10.6. The Morgan fingerprint density at radius 1 is 0.602 bits per heavy atom. The first kappa shape index (κ1) is 74.6. The second-order valence-electron chi connectivity index (χ2n) is 29.3. The van der Waals surface area contributed by atoms with E-state index in [1.807, 2.05) is 20.8 Å². The van der Waals surface area contributed by atoms with Gasteiger partial charge in [-0.15, -0.1) is 11.6 Å². The van der Waals surface area contributed by atoms with Gasteiger partial charge in [-0.05, 0) is 132 Å². The highest BCUT2D eigenvalue weighted by atomic mass is 35.5. The molecule has 4 aliphatic carbocycles. The molecule has 7 aliphatic rings.